The number of ether oxygens (including phenoxy) is 1. The molecule has 0 heterocycles. The largest absolute Gasteiger partial charge is 0.489 e. The third-order valence-electron chi connectivity index (χ3n) is 3.64. The molecule has 0 saturated carbocycles. The van der Waals surface area contributed by atoms with Gasteiger partial charge in [0.25, 0.3) is 5.91 Å². The van der Waals surface area contributed by atoms with Crippen LogP contribution in [0.5, 0.6) is 5.75 Å². The first kappa shape index (κ1) is 16.5. The van der Waals surface area contributed by atoms with Crippen molar-refractivity contribution in [1.29, 1.82) is 0 Å². The Morgan fingerprint density at radius 2 is 1.64 bits per heavy atom. The van der Waals surface area contributed by atoms with Crippen LogP contribution in [-0.4, -0.2) is 5.91 Å². The summed E-state index contributed by atoms with van der Waals surface area (Å²) < 4.78 is 18.4. The molecule has 0 aliphatic rings. The Balaban J connectivity index is 1.60. The van der Waals surface area contributed by atoms with Crippen molar-refractivity contribution in [2.24, 2.45) is 0 Å². The van der Waals surface area contributed by atoms with Crippen LogP contribution in [0.4, 0.5) is 15.8 Å². The van der Waals surface area contributed by atoms with Gasteiger partial charge < -0.3 is 15.8 Å². The van der Waals surface area contributed by atoms with Gasteiger partial charge in [0, 0.05) is 5.56 Å². The van der Waals surface area contributed by atoms with Gasteiger partial charge in [0.05, 0.1) is 11.4 Å². The number of hydrogen-bond acceptors (Lipinski definition) is 3. The number of nitrogens with one attached hydrogen (secondary N) is 1. The molecule has 25 heavy (non-hydrogen) atoms. The normalized spacial score (nSPS) is 10.3. The molecule has 0 atom stereocenters. The number of benzene rings is 3. The molecule has 0 bridgehead atoms. The second kappa shape index (κ2) is 7.49. The number of carbonyl (C=O) groups is 1. The van der Waals surface area contributed by atoms with Gasteiger partial charge in [0.2, 0.25) is 0 Å². The number of carbonyl (C=O) groups excluding carboxylic acids is 1. The minimum atomic E-state index is -0.304. The van der Waals surface area contributed by atoms with Gasteiger partial charge in [-0.05, 0) is 54.1 Å². The predicted molar refractivity (Wildman–Crippen MR) is 96.0 cm³/mol. The Bertz CT molecular complexity index is 862. The zero-order chi connectivity index (χ0) is 17.6. The van der Waals surface area contributed by atoms with Crippen molar-refractivity contribution in [3.05, 3.63) is 89.7 Å². The highest BCUT2D eigenvalue weighted by Gasteiger charge is 2.08. The molecule has 3 aromatic rings. The maximum absolute atomic E-state index is 12.8. The molecule has 3 N–H and O–H groups in total. The molecule has 0 aromatic heterocycles. The fourth-order valence-corrected chi connectivity index (χ4v) is 2.26. The highest BCUT2D eigenvalue weighted by atomic mass is 19.1. The fraction of sp³-hybridized carbons (Fsp3) is 0.0500. The van der Waals surface area contributed by atoms with Gasteiger partial charge in [-0.1, -0.05) is 24.3 Å². The Morgan fingerprint density at radius 3 is 2.32 bits per heavy atom. The zero-order valence-corrected chi connectivity index (χ0v) is 13.4. The number of nitrogen functional groups attached to an aromatic ring is 1. The smallest absolute Gasteiger partial charge is 0.255 e. The van der Waals surface area contributed by atoms with E-state index in [1.165, 1.54) is 12.1 Å². The lowest BCUT2D eigenvalue weighted by atomic mass is 10.1. The van der Waals surface area contributed by atoms with Gasteiger partial charge >= 0.3 is 0 Å². The lowest BCUT2D eigenvalue weighted by Gasteiger charge is -2.09. The van der Waals surface area contributed by atoms with E-state index in [1.807, 2.05) is 18.2 Å². The first-order valence-electron chi connectivity index (χ1n) is 7.75. The number of rotatable bonds is 5. The Morgan fingerprint density at radius 1 is 0.960 bits per heavy atom. The lowest BCUT2D eigenvalue weighted by molar-refractivity contribution is 0.102. The lowest BCUT2D eigenvalue weighted by Crippen LogP contribution is -2.13. The topological polar surface area (TPSA) is 64.3 Å². The standard InChI is InChI=1S/C20H17FN2O2/c21-16-9-11-17(12-10-16)25-13-14-5-7-15(8-6-14)20(24)23-19-4-2-1-3-18(19)22/h1-12H,13,22H2,(H,23,24). The van der Waals surface area contributed by atoms with Gasteiger partial charge in [-0.2, -0.15) is 0 Å². The zero-order valence-electron chi connectivity index (χ0n) is 13.4. The highest BCUT2D eigenvalue weighted by molar-refractivity contribution is 6.05. The summed E-state index contributed by atoms with van der Waals surface area (Å²) in [5.41, 5.74) is 8.34. The molecular formula is C20H17FN2O2. The number of halogens is 1. The fourth-order valence-electron chi connectivity index (χ4n) is 2.26. The van der Waals surface area contributed by atoms with E-state index < -0.39 is 0 Å². The molecule has 0 radical (unpaired) electrons. The van der Waals surface area contributed by atoms with E-state index in [9.17, 15) is 9.18 Å². The molecule has 0 saturated heterocycles. The van der Waals surface area contributed by atoms with Crippen LogP contribution in [0.3, 0.4) is 0 Å². The number of amides is 1. The minimum Gasteiger partial charge on any atom is -0.489 e. The molecule has 3 rings (SSSR count). The molecule has 0 fully saturated rings. The second-order valence-corrected chi connectivity index (χ2v) is 5.48. The van der Waals surface area contributed by atoms with E-state index in [0.717, 1.165) is 5.56 Å². The maximum atomic E-state index is 12.8. The van der Waals surface area contributed by atoms with E-state index in [1.54, 1.807) is 42.5 Å². The van der Waals surface area contributed by atoms with Crippen LogP contribution in [-0.2, 0) is 6.61 Å². The number of para-hydroxylation sites is 2. The third-order valence-corrected chi connectivity index (χ3v) is 3.64. The quantitative estimate of drug-likeness (QED) is 0.685. The van der Waals surface area contributed by atoms with Crippen molar-refractivity contribution < 1.29 is 13.9 Å². The average Bonchev–Trinajstić information content (AvgIpc) is 2.63. The minimum absolute atomic E-state index is 0.232. The molecule has 3 aromatic carbocycles. The number of nitrogens with two attached hydrogens (primary N) is 1. The summed E-state index contributed by atoms with van der Waals surface area (Å²) in [6, 6.07) is 20.0. The van der Waals surface area contributed by atoms with Crippen molar-refractivity contribution in [3.63, 3.8) is 0 Å². The van der Waals surface area contributed by atoms with Crippen molar-refractivity contribution >= 4 is 17.3 Å². The number of anilines is 2. The molecule has 5 heteroatoms. The predicted octanol–water partition coefficient (Wildman–Crippen LogP) is 4.24. The molecular weight excluding hydrogens is 319 g/mol. The van der Waals surface area contributed by atoms with Crippen LogP contribution in [0.15, 0.2) is 72.8 Å². The van der Waals surface area contributed by atoms with Gasteiger partial charge in [-0.25, -0.2) is 4.39 Å². The Kier molecular flexibility index (Phi) is 4.95. The summed E-state index contributed by atoms with van der Waals surface area (Å²) in [6.45, 7) is 0.333. The SMILES string of the molecule is Nc1ccccc1NC(=O)c1ccc(COc2ccc(F)cc2)cc1. The van der Waals surface area contributed by atoms with Crippen LogP contribution >= 0.6 is 0 Å². The third kappa shape index (κ3) is 4.35. The van der Waals surface area contributed by atoms with E-state index in [0.29, 0.717) is 29.3 Å². The van der Waals surface area contributed by atoms with E-state index in [4.69, 9.17) is 10.5 Å². The van der Waals surface area contributed by atoms with Crippen LogP contribution in [0, 0.1) is 5.82 Å². The van der Waals surface area contributed by atoms with Crippen molar-refractivity contribution in [1.82, 2.24) is 0 Å². The van der Waals surface area contributed by atoms with Crippen molar-refractivity contribution in [3.8, 4) is 5.75 Å². The van der Waals surface area contributed by atoms with Gasteiger partial charge in [-0.15, -0.1) is 0 Å². The molecule has 4 nitrogen and oxygen atoms in total. The highest BCUT2D eigenvalue weighted by Crippen LogP contribution is 2.18. The van der Waals surface area contributed by atoms with Crippen LogP contribution in [0.1, 0.15) is 15.9 Å². The summed E-state index contributed by atoms with van der Waals surface area (Å²) in [4.78, 5) is 12.3. The number of hydrogen-bond donors (Lipinski definition) is 2. The van der Waals surface area contributed by atoms with E-state index in [-0.39, 0.29) is 11.7 Å². The average molecular weight is 336 g/mol. The Hall–Kier alpha value is -3.34. The van der Waals surface area contributed by atoms with Gasteiger partial charge in [0.15, 0.2) is 0 Å². The van der Waals surface area contributed by atoms with Crippen molar-refractivity contribution in [2.75, 3.05) is 11.1 Å². The summed E-state index contributed by atoms with van der Waals surface area (Å²) in [5, 5.41) is 2.78. The van der Waals surface area contributed by atoms with Crippen LogP contribution < -0.4 is 15.8 Å². The van der Waals surface area contributed by atoms with Crippen LogP contribution in [0.2, 0.25) is 0 Å². The first-order valence-corrected chi connectivity index (χ1v) is 7.75. The van der Waals surface area contributed by atoms with Gasteiger partial charge in [-0.3, -0.25) is 4.79 Å². The molecule has 0 aliphatic heterocycles. The van der Waals surface area contributed by atoms with Crippen LogP contribution in [0.25, 0.3) is 0 Å². The summed E-state index contributed by atoms with van der Waals surface area (Å²) >= 11 is 0. The summed E-state index contributed by atoms with van der Waals surface area (Å²) in [6.07, 6.45) is 0. The molecule has 1 amide bonds. The van der Waals surface area contributed by atoms with Gasteiger partial charge in [0.1, 0.15) is 18.2 Å². The summed E-state index contributed by atoms with van der Waals surface area (Å²) in [7, 11) is 0. The Labute approximate surface area is 145 Å². The monoisotopic (exact) mass is 336 g/mol. The van der Waals surface area contributed by atoms with E-state index >= 15 is 0 Å². The molecule has 126 valence electrons. The van der Waals surface area contributed by atoms with E-state index in [2.05, 4.69) is 5.32 Å². The first-order chi connectivity index (χ1) is 12.1. The molecule has 0 unspecified atom stereocenters. The molecule has 0 aliphatic carbocycles. The second-order valence-electron chi connectivity index (χ2n) is 5.48. The summed E-state index contributed by atoms with van der Waals surface area (Å²) in [5.74, 6) is 0.0495. The van der Waals surface area contributed by atoms with Crippen molar-refractivity contribution in [2.45, 2.75) is 6.61 Å². The maximum Gasteiger partial charge on any atom is 0.255 e. The molecule has 0 spiro atoms.